The minimum atomic E-state index is -4.64. The standard InChI is InChI=1S/C8H7F3N2O2/c1-15-6-3-4(7(12)14)2-5(13-6)8(9,10)11/h2-3H,1H3,(H2,12,14). The Morgan fingerprint density at radius 1 is 1.47 bits per heavy atom. The highest BCUT2D eigenvalue weighted by Crippen LogP contribution is 2.29. The average molecular weight is 220 g/mol. The predicted octanol–water partition coefficient (Wildman–Crippen LogP) is 1.21. The van der Waals surface area contributed by atoms with Gasteiger partial charge >= 0.3 is 6.18 Å². The van der Waals surface area contributed by atoms with Crippen LogP contribution in [0.4, 0.5) is 13.2 Å². The second kappa shape index (κ2) is 3.76. The van der Waals surface area contributed by atoms with Gasteiger partial charge in [-0.25, -0.2) is 4.98 Å². The molecule has 0 spiro atoms. The van der Waals surface area contributed by atoms with E-state index in [4.69, 9.17) is 5.73 Å². The van der Waals surface area contributed by atoms with Crippen molar-refractivity contribution in [2.75, 3.05) is 7.11 Å². The molecule has 82 valence electrons. The zero-order chi connectivity index (χ0) is 11.6. The highest BCUT2D eigenvalue weighted by molar-refractivity contribution is 5.93. The van der Waals surface area contributed by atoms with Crippen LogP contribution in [0.1, 0.15) is 16.1 Å². The van der Waals surface area contributed by atoms with E-state index in [1.165, 1.54) is 0 Å². The summed E-state index contributed by atoms with van der Waals surface area (Å²) in [6.07, 6.45) is -4.64. The molecule has 1 heterocycles. The largest absolute Gasteiger partial charge is 0.481 e. The lowest BCUT2D eigenvalue weighted by molar-refractivity contribution is -0.141. The van der Waals surface area contributed by atoms with Crippen LogP contribution in [0.5, 0.6) is 5.88 Å². The summed E-state index contributed by atoms with van der Waals surface area (Å²) in [5, 5.41) is 0. The van der Waals surface area contributed by atoms with E-state index in [-0.39, 0.29) is 11.4 Å². The van der Waals surface area contributed by atoms with Crippen LogP contribution in [0.15, 0.2) is 12.1 Å². The fourth-order valence-corrected chi connectivity index (χ4v) is 0.897. The third-order valence-electron chi connectivity index (χ3n) is 1.59. The lowest BCUT2D eigenvalue weighted by Crippen LogP contribution is -2.15. The first-order chi connectivity index (χ1) is 6.84. The molecule has 1 aromatic heterocycles. The van der Waals surface area contributed by atoms with Gasteiger partial charge in [-0.15, -0.1) is 0 Å². The number of hydrogen-bond acceptors (Lipinski definition) is 3. The maximum Gasteiger partial charge on any atom is 0.433 e. The fraction of sp³-hybridized carbons (Fsp3) is 0.250. The minimum Gasteiger partial charge on any atom is -0.481 e. The van der Waals surface area contributed by atoms with Gasteiger partial charge in [0.2, 0.25) is 11.8 Å². The lowest BCUT2D eigenvalue weighted by Gasteiger charge is -2.08. The number of nitrogens with zero attached hydrogens (tertiary/aromatic N) is 1. The van der Waals surface area contributed by atoms with Crippen LogP contribution in [0.2, 0.25) is 0 Å². The van der Waals surface area contributed by atoms with Gasteiger partial charge in [-0.1, -0.05) is 0 Å². The van der Waals surface area contributed by atoms with Gasteiger partial charge in [0.25, 0.3) is 0 Å². The summed E-state index contributed by atoms with van der Waals surface area (Å²) in [5.41, 5.74) is 3.35. The molecule has 0 radical (unpaired) electrons. The molecular weight excluding hydrogens is 213 g/mol. The Morgan fingerprint density at radius 2 is 2.07 bits per heavy atom. The molecule has 0 saturated carbocycles. The predicted molar refractivity (Wildman–Crippen MR) is 44.3 cm³/mol. The van der Waals surface area contributed by atoms with E-state index in [9.17, 15) is 18.0 Å². The van der Waals surface area contributed by atoms with Crippen molar-refractivity contribution in [3.8, 4) is 5.88 Å². The van der Waals surface area contributed by atoms with Crippen LogP contribution < -0.4 is 10.5 Å². The molecule has 0 aliphatic carbocycles. The SMILES string of the molecule is COc1cc(C(N)=O)cc(C(F)(F)F)n1. The number of primary amides is 1. The van der Waals surface area contributed by atoms with Crippen LogP contribution in [-0.2, 0) is 6.18 Å². The second-order valence-electron chi connectivity index (χ2n) is 2.65. The van der Waals surface area contributed by atoms with E-state index in [2.05, 4.69) is 9.72 Å². The van der Waals surface area contributed by atoms with Crippen molar-refractivity contribution in [2.45, 2.75) is 6.18 Å². The number of hydrogen-bond donors (Lipinski definition) is 1. The van der Waals surface area contributed by atoms with Gasteiger partial charge in [0.15, 0.2) is 0 Å². The topological polar surface area (TPSA) is 65.2 Å². The zero-order valence-corrected chi connectivity index (χ0v) is 7.63. The van der Waals surface area contributed by atoms with E-state index in [1.54, 1.807) is 0 Å². The van der Waals surface area contributed by atoms with E-state index in [0.717, 1.165) is 13.2 Å². The molecule has 0 saturated heterocycles. The summed E-state index contributed by atoms with van der Waals surface area (Å²) in [5.74, 6) is -1.28. The normalized spacial score (nSPS) is 11.2. The number of carbonyl (C=O) groups excluding carboxylic acids is 1. The minimum absolute atomic E-state index is 0.297. The average Bonchev–Trinajstić information content (AvgIpc) is 2.15. The number of methoxy groups -OCH3 is 1. The first kappa shape index (κ1) is 11.3. The maximum absolute atomic E-state index is 12.3. The van der Waals surface area contributed by atoms with E-state index in [0.29, 0.717) is 6.07 Å². The van der Waals surface area contributed by atoms with Crippen LogP contribution in [0, 0.1) is 0 Å². The highest BCUT2D eigenvalue weighted by atomic mass is 19.4. The van der Waals surface area contributed by atoms with Crippen molar-refractivity contribution >= 4 is 5.91 Å². The van der Waals surface area contributed by atoms with Gasteiger partial charge < -0.3 is 10.5 Å². The molecule has 0 aromatic carbocycles. The van der Waals surface area contributed by atoms with Gasteiger partial charge in [-0.05, 0) is 6.07 Å². The quantitative estimate of drug-likeness (QED) is 0.814. The first-order valence-corrected chi connectivity index (χ1v) is 3.77. The fourth-order valence-electron chi connectivity index (χ4n) is 0.897. The molecule has 0 atom stereocenters. The Balaban J connectivity index is 3.30. The van der Waals surface area contributed by atoms with Crippen molar-refractivity contribution in [2.24, 2.45) is 5.73 Å². The molecule has 0 aliphatic rings. The van der Waals surface area contributed by atoms with Crippen LogP contribution in [0.3, 0.4) is 0 Å². The smallest absolute Gasteiger partial charge is 0.433 e. The Kier molecular flexibility index (Phi) is 2.83. The number of rotatable bonds is 2. The molecule has 2 N–H and O–H groups in total. The number of amides is 1. The maximum atomic E-state index is 12.3. The number of alkyl halides is 3. The zero-order valence-electron chi connectivity index (χ0n) is 7.63. The molecule has 1 amide bonds. The van der Waals surface area contributed by atoms with Crippen LogP contribution >= 0.6 is 0 Å². The molecule has 0 fully saturated rings. The van der Waals surface area contributed by atoms with Crippen molar-refractivity contribution in [3.63, 3.8) is 0 Å². The third kappa shape index (κ3) is 2.58. The Labute approximate surface area is 82.9 Å². The number of halogens is 3. The molecule has 1 rings (SSSR count). The summed E-state index contributed by atoms with van der Waals surface area (Å²) in [4.78, 5) is 13.9. The number of carbonyl (C=O) groups is 1. The molecule has 0 bridgehead atoms. The molecule has 15 heavy (non-hydrogen) atoms. The van der Waals surface area contributed by atoms with Gasteiger partial charge in [-0.3, -0.25) is 4.79 Å². The molecule has 7 heteroatoms. The van der Waals surface area contributed by atoms with E-state index in [1.807, 2.05) is 0 Å². The molecule has 4 nitrogen and oxygen atoms in total. The lowest BCUT2D eigenvalue weighted by atomic mass is 10.2. The molecule has 0 aliphatic heterocycles. The summed E-state index contributed by atoms with van der Waals surface area (Å²) < 4.78 is 41.4. The number of nitrogens with two attached hydrogens (primary N) is 1. The molecular formula is C8H7F3N2O2. The van der Waals surface area contributed by atoms with Gasteiger partial charge in [-0.2, -0.15) is 13.2 Å². The van der Waals surface area contributed by atoms with E-state index < -0.39 is 17.8 Å². The number of aromatic nitrogens is 1. The third-order valence-corrected chi connectivity index (χ3v) is 1.59. The summed E-state index contributed by atoms with van der Waals surface area (Å²) >= 11 is 0. The second-order valence-corrected chi connectivity index (χ2v) is 2.65. The Hall–Kier alpha value is -1.79. The van der Waals surface area contributed by atoms with Crippen molar-refractivity contribution < 1.29 is 22.7 Å². The highest BCUT2D eigenvalue weighted by Gasteiger charge is 2.33. The Morgan fingerprint density at radius 3 is 2.47 bits per heavy atom. The van der Waals surface area contributed by atoms with Crippen molar-refractivity contribution in [1.29, 1.82) is 0 Å². The van der Waals surface area contributed by atoms with Crippen LogP contribution in [-0.4, -0.2) is 18.0 Å². The first-order valence-electron chi connectivity index (χ1n) is 3.77. The molecule has 1 aromatic rings. The van der Waals surface area contributed by atoms with Gasteiger partial charge in [0.05, 0.1) is 7.11 Å². The van der Waals surface area contributed by atoms with Gasteiger partial charge in [0, 0.05) is 11.6 Å². The summed E-state index contributed by atoms with van der Waals surface area (Å²) in [6, 6.07) is 1.61. The Bertz CT molecular complexity index is 390. The van der Waals surface area contributed by atoms with Crippen molar-refractivity contribution in [1.82, 2.24) is 4.98 Å². The number of pyridine rings is 1. The molecule has 0 unspecified atom stereocenters. The summed E-state index contributed by atoms with van der Waals surface area (Å²) in [6.45, 7) is 0. The van der Waals surface area contributed by atoms with E-state index >= 15 is 0 Å². The van der Waals surface area contributed by atoms with Gasteiger partial charge in [0.1, 0.15) is 5.69 Å². The summed E-state index contributed by atoms with van der Waals surface area (Å²) in [7, 11) is 1.15. The monoisotopic (exact) mass is 220 g/mol. The van der Waals surface area contributed by atoms with Crippen LogP contribution in [0.25, 0.3) is 0 Å². The van der Waals surface area contributed by atoms with Crippen molar-refractivity contribution in [3.05, 3.63) is 23.4 Å². The number of ether oxygens (including phenoxy) is 1.